The molecule has 1 aromatic heterocycles. The van der Waals surface area contributed by atoms with Gasteiger partial charge in [-0.3, -0.25) is 0 Å². The molecule has 0 amide bonds. The van der Waals surface area contributed by atoms with Crippen LogP contribution in [-0.2, 0) is 16.6 Å². The predicted molar refractivity (Wildman–Crippen MR) is 86.5 cm³/mol. The normalized spacial score (nSPS) is 19.2. The fourth-order valence-corrected chi connectivity index (χ4v) is 3.62. The molecule has 114 valence electrons. The van der Waals surface area contributed by atoms with Crippen LogP contribution < -0.4 is 4.90 Å². The second-order valence-electron chi connectivity index (χ2n) is 6.60. The SMILES string of the molecule is CC(C)(C)c1cc2c(c(N3CCSCC3)n1)C(=O)OCC2. The van der Waals surface area contributed by atoms with Crippen LogP contribution in [0.4, 0.5) is 5.82 Å². The quantitative estimate of drug-likeness (QED) is 0.746. The maximum absolute atomic E-state index is 12.2. The lowest BCUT2D eigenvalue weighted by atomic mass is 9.89. The molecule has 2 aliphatic rings. The number of cyclic esters (lactones) is 1. The molecule has 1 aromatic rings. The number of rotatable bonds is 1. The monoisotopic (exact) mass is 306 g/mol. The highest BCUT2D eigenvalue weighted by molar-refractivity contribution is 7.99. The molecule has 0 spiro atoms. The smallest absolute Gasteiger partial charge is 0.342 e. The van der Waals surface area contributed by atoms with E-state index in [1.54, 1.807) is 0 Å². The van der Waals surface area contributed by atoms with Crippen molar-refractivity contribution in [3.05, 3.63) is 22.9 Å². The maximum atomic E-state index is 12.2. The van der Waals surface area contributed by atoms with Crippen molar-refractivity contribution in [1.29, 1.82) is 0 Å². The number of carbonyl (C=O) groups is 1. The minimum absolute atomic E-state index is 0.0182. The van der Waals surface area contributed by atoms with E-state index in [4.69, 9.17) is 9.72 Å². The highest BCUT2D eigenvalue weighted by Gasteiger charge is 2.30. The number of hydrogen-bond donors (Lipinski definition) is 0. The molecule has 0 atom stereocenters. The molecule has 1 saturated heterocycles. The topological polar surface area (TPSA) is 42.4 Å². The van der Waals surface area contributed by atoms with Gasteiger partial charge in [0.05, 0.1) is 6.61 Å². The van der Waals surface area contributed by atoms with Gasteiger partial charge in [0.25, 0.3) is 0 Å². The van der Waals surface area contributed by atoms with Gasteiger partial charge in [-0.05, 0) is 11.6 Å². The largest absolute Gasteiger partial charge is 0.462 e. The van der Waals surface area contributed by atoms with Gasteiger partial charge in [0.1, 0.15) is 11.4 Å². The fourth-order valence-electron chi connectivity index (χ4n) is 2.72. The van der Waals surface area contributed by atoms with Crippen molar-refractivity contribution in [3.8, 4) is 0 Å². The second-order valence-corrected chi connectivity index (χ2v) is 7.83. The van der Waals surface area contributed by atoms with Crippen LogP contribution in [0.5, 0.6) is 0 Å². The Balaban J connectivity index is 2.12. The molecule has 2 aliphatic heterocycles. The first-order valence-electron chi connectivity index (χ1n) is 7.51. The molecule has 0 aromatic carbocycles. The lowest BCUT2D eigenvalue weighted by molar-refractivity contribution is 0.0480. The zero-order valence-electron chi connectivity index (χ0n) is 12.9. The number of pyridine rings is 1. The number of ether oxygens (including phenoxy) is 1. The van der Waals surface area contributed by atoms with Crippen molar-refractivity contribution in [2.24, 2.45) is 0 Å². The number of fused-ring (bicyclic) bond motifs is 1. The number of esters is 1. The van der Waals surface area contributed by atoms with E-state index in [1.165, 1.54) is 0 Å². The predicted octanol–water partition coefficient (Wildman–Crippen LogP) is 2.65. The van der Waals surface area contributed by atoms with Gasteiger partial charge in [-0.15, -0.1) is 0 Å². The van der Waals surface area contributed by atoms with Crippen molar-refractivity contribution in [1.82, 2.24) is 4.98 Å². The van der Waals surface area contributed by atoms with Crippen LogP contribution in [0.1, 0.15) is 42.4 Å². The van der Waals surface area contributed by atoms with Crippen LogP contribution in [0.2, 0.25) is 0 Å². The van der Waals surface area contributed by atoms with Crippen molar-refractivity contribution < 1.29 is 9.53 Å². The molecule has 0 N–H and O–H groups in total. The number of aromatic nitrogens is 1. The van der Waals surface area contributed by atoms with Crippen molar-refractivity contribution in [3.63, 3.8) is 0 Å². The summed E-state index contributed by atoms with van der Waals surface area (Å²) >= 11 is 1.96. The summed E-state index contributed by atoms with van der Waals surface area (Å²) in [5, 5.41) is 0. The third-order valence-electron chi connectivity index (χ3n) is 3.97. The molecule has 0 aliphatic carbocycles. The molecular formula is C16H22N2O2S. The van der Waals surface area contributed by atoms with Gasteiger partial charge < -0.3 is 9.64 Å². The Labute approximate surface area is 130 Å². The fraction of sp³-hybridized carbons (Fsp3) is 0.625. The number of carbonyl (C=O) groups excluding carboxylic acids is 1. The standard InChI is InChI=1S/C16H22N2O2S/c1-16(2,3)12-10-11-4-7-20-15(19)13(11)14(17-12)18-5-8-21-9-6-18/h10H,4-9H2,1-3H3. The van der Waals surface area contributed by atoms with Crippen LogP contribution in [0, 0.1) is 0 Å². The zero-order chi connectivity index (χ0) is 15.0. The Morgan fingerprint density at radius 1 is 1.29 bits per heavy atom. The number of nitrogens with zero attached hydrogens (tertiary/aromatic N) is 2. The van der Waals surface area contributed by atoms with Gasteiger partial charge in [0, 0.05) is 42.1 Å². The number of hydrogen-bond acceptors (Lipinski definition) is 5. The van der Waals surface area contributed by atoms with E-state index >= 15 is 0 Å². The molecule has 0 unspecified atom stereocenters. The molecule has 5 heteroatoms. The van der Waals surface area contributed by atoms with Gasteiger partial charge >= 0.3 is 5.97 Å². The van der Waals surface area contributed by atoms with Gasteiger partial charge in [0.15, 0.2) is 0 Å². The Bertz CT molecular complexity index is 560. The van der Waals surface area contributed by atoms with Crippen molar-refractivity contribution in [2.45, 2.75) is 32.6 Å². The summed E-state index contributed by atoms with van der Waals surface area (Å²) in [6, 6.07) is 2.10. The first-order chi connectivity index (χ1) is 9.97. The summed E-state index contributed by atoms with van der Waals surface area (Å²) in [5.74, 6) is 2.80. The summed E-state index contributed by atoms with van der Waals surface area (Å²) in [6.07, 6.45) is 0.794. The van der Waals surface area contributed by atoms with Gasteiger partial charge in [-0.25, -0.2) is 9.78 Å². The molecule has 4 nitrogen and oxygen atoms in total. The van der Waals surface area contributed by atoms with E-state index in [0.717, 1.165) is 48.1 Å². The molecule has 0 radical (unpaired) electrons. The Hall–Kier alpha value is -1.23. The van der Waals surface area contributed by atoms with Gasteiger partial charge in [0.2, 0.25) is 0 Å². The van der Waals surface area contributed by atoms with Crippen LogP contribution in [0.3, 0.4) is 0 Å². The van der Waals surface area contributed by atoms with E-state index in [1.807, 2.05) is 11.8 Å². The van der Waals surface area contributed by atoms with E-state index in [0.29, 0.717) is 12.2 Å². The van der Waals surface area contributed by atoms with E-state index < -0.39 is 0 Å². The van der Waals surface area contributed by atoms with Crippen LogP contribution in [0.15, 0.2) is 6.07 Å². The Morgan fingerprint density at radius 3 is 2.67 bits per heavy atom. The summed E-state index contributed by atoms with van der Waals surface area (Å²) in [5.41, 5.74) is 2.83. The molecule has 0 saturated carbocycles. The minimum atomic E-state index is -0.211. The Kier molecular flexibility index (Phi) is 3.86. The van der Waals surface area contributed by atoms with Crippen molar-refractivity contribution in [2.75, 3.05) is 36.1 Å². The molecule has 1 fully saturated rings. The van der Waals surface area contributed by atoms with Gasteiger partial charge in [-0.2, -0.15) is 11.8 Å². The van der Waals surface area contributed by atoms with E-state index in [2.05, 4.69) is 31.7 Å². The first kappa shape index (κ1) is 14.7. The highest BCUT2D eigenvalue weighted by atomic mass is 32.2. The minimum Gasteiger partial charge on any atom is -0.462 e. The second kappa shape index (κ2) is 5.52. The summed E-state index contributed by atoms with van der Waals surface area (Å²) in [4.78, 5) is 19.3. The Morgan fingerprint density at radius 2 is 2.00 bits per heavy atom. The average molecular weight is 306 g/mol. The molecule has 21 heavy (non-hydrogen) atoms. The average Bonchev–Trinajstić information content (AvgIpc) is 2.46. The lowest BCUT2D eigenvalue weighted by Gasteiger charge is -2.32. The molecule has 0 bridgehead atoms. The molecular weight excluding hydrogens is 284 g/mol. The third kappa shape index (κ3) is 2.89. The first-order valence-corrected chi connectivity index (χ1v) is 8.66. The molecule has 3 heterocycles. The van der Waals surface area contributed by atoms with Crippen molar-refractivity contribution >= 4 is 23.5 Å². The number of anilines is 1. The highest BCUT2D eigenvalue weighted by Crippen LogP contribution is 2.32. The zero-order valence-corrected chi connectivity index (χ0v) is 13.8. The van der Waals surface area contributed by atoms with Crippen LogP contribution >= 0.6 is 11.8 Å². The van der Waals surface area contributed by atoms with E-state index in [-0.39, 0.29) is 11.4 Å². The van der Waals surface area contributed by atoms with Crippen LogP contribution in [0.25, 0.3) is 0 Å². The van der Waals surface area contributed by atoms with Gasteiger partial charge in [-0.1, -0.05) is 20.8 Å². The summed E-state index contributed by atoms with van der Waals surface area (Å²) < 4.78 is 5.25. The number of thioether (sulfide) groups is 1. The lowest BCUT2D eigenvalue weighted by Crippen LogP contribution is -2.36. The maximum Gasteiger partial charge on any atom is 0.342 e. The summed E-state index contributed by atoms with van der Waals surface area (Å²) in [7, 11) is 0. The molecule has 3 rings (SSSR count). The van der Waals surface area contributed by atoms with Crippen LogP contribution in [-0.4, -0.2) is 42.2 Å². The van der Waals surface area contributed by atoms with E-state index in [9.17, 15) is 4.79 Å². The summed E-state index contributed by atoms with van der Waals surface area (Å²) in [6.45, 7) is 8.88. The third-order valence-corrected chi connectivity index (χ3v) is 4.91.